The van der Waals surface area contributed by atoms with Crippen LogP contribution in [-0.2, 0) is 21.3 Å². The van der Waals surface area contributed by atoms with Crippen LogP contribution in [0.1, 0.15) is 5.56 Å². The Morgan fingerprint density at radius 1 is 1.12 bits per heavy atom. The second kappa shape index (κ2) is 8.57. The molecular weight excluding hydrogens is 401 g/mol. The monoisotopic (exact) mass is 417 g/mol. The standard InChI is InChI=1S/C16H17BrFNO4S/c1-22-8-9-23-14-5-2-12(3-6-14)11-19-24(20,21)16-7-4-13(18)10-15(16)17/h2-7,10,19H,8-9,11H2,1H3. The van der Waals surface area contributed by atoms with E-state index in [2.05, 4.69) is 20.7 Å². The van der Waals surface area contributed by atoms with Crippen molar-refractivity contribution in [1.82, 2.24) is 4.72 Å². The van der Waals surface area contributed by atoms with Crippen LogP contribution in [0.4, 0.5) is 4.39 Å². The molecule has 0 fully saturated rings. The first-order valence-electron chi connectivity index (χ1n) is 7.08. The van der Waals surface area contributed by atoms with Gasteiger partial charge in [0.15, 0.2) is 0 Å². The number of methoxy groups -OCH3 is 1. The van der Waals surface area contributed by atoms with Crippen LogP contribution >= 0.6 is 15.9 Å². The summed E-state index contributed by atoms with van der Waals surface area (Å²) in [6, 6.07) is 10.5. The molecule has 8 heteroatoms. The predicted molar refractivity (Wildman–Crippen MR) is 91.9 cm³/mol. The second-order valence-corrected chi connectivity index (χ2v) is 7.47. The highest BCUT2D eigenvalue weighted by Gasteiger charge is 2.17. The Kier molecular flexibility index (Phi) is 6.73. The Labute approximate surface area is 149 Å². The van der Waals surface area contributed by atoms with Crippen LogP contribution in [-0.4, -0.2) is 28.7 Å². The number of hydrogen-bond acceptors (Lipinski definition) is 4. The number of sulfonamides is 1. The van der Waals surface area contributed by atoms with Crippen molar-refractivity contribution < 1.29 is 22.3 Å². The molecule has 0 heterocycles. The lowest BCUT2D eigenvalue weighted by molar-refractivity contribution is 0.146. The minimum Gasteiger partial charge on any atom is -0.491 e. The van der Waals surface area contributed by atoms with Gasteiger partial charge in [-0.05, 0) is 51.8 Å². The average molecular weight is 418 g/mol. The minimum atomic E-state index is -3.74. The number of halogens is 2. The maximum atomic E-state index is 13.1. The van der Waals surface area contributed by atoms with Crippen LogP contribution in [0, 0.1) is 5.82 Å². The number of hydrogen-bond donors (Lipinski definition) is 1. The Morgan fingerprint density at radius 3 is 2.46 bits per heavy atom. The molecule has 0 atom stereocenters. The number of nitrogens with one attached hydrogen (secondary N) is 1. The van der Waals surface area contributed by atoms with Crippen molar-refractivity contribution in [2.24, 2.45) is 0 Å². The third-order valence-corrected chi connectivity index (χ3v) is 5.51. The van der Waals surface area contributed by atoms with Crippen LogP contribution < -0.4 is 9.46 Å². The molecule has 2 rings (SSSR count). The van der Waals surface area contributed by atoms with Crippen LogP contribution in [0.25, 0.3) is 0 Å². The van der Waals surface area contributed by atoms with Gasteiger partial charge in [0, 0.05) is 18.1 Å². The molecule has 130 valence electrons. The molecule has 0 aromatic heterocycles. The molecular formula is C16H17BrFNO4S. The fourth-order valence-corrected chi connectivity index (χ4v) is 3.96. The van der Waals surface area contributed by atoms with Gasteiger partial charge in [-0.25, -0.2) is 17.5 Å². The topological polar surface area (TPSA) is 64.6 Å². The van der Waals surface area contributed by atoms with Crippen LogP contribution in [0.5, 0.6) is 5.75 Å². The van der Waals surface area contributed by atoms with E-state index in [-0.39, 0.29) is 15.9 Å². The summed E-state index contributed by atoms with van der Waals surface area (Å²) in [6.07, 6.45) is 0. The van der Waals surface area contributed by atoms with Gasteiger partial charge in [-0.1, -0.05) is 12.1 Å². The first-order chi connectivity index (χ1) is 11.4. The highest BCUT2D eigenvalue weighted by atomic mass is 79.9. The van der Waals surface area contributed by atoms with Crippen molar-refractivity contribution in [1.29, 1.82) is 0 Å². The SMILES string of the molecule is COCCOc1ccc(CNS(=O)(=O)c2ccc(F)cc2Br)cc1. The van der Waals surface area contributed by atoms with Crippen molar-refractivity contribution in [3.8, 4) is 5.75 Å². The lowest BCUT2D eigenvalue weighted by Gasteiger charge is -2.10. The molecule has 0 amide bonds. The van der Waals surface area contributed by atoms with E-state index in [1.807, 2.05) is 0 Å². The number of ether oxygens (including phenoxy) is 2. The molecule has 2 aromatic carbocycles. The Balaban J connectivity index is 1.99. The van der Waals surface area contributed by atoms with Gasteiger partial charge in [0.2, 0.25) is 10.0 Å². The molecule has 0 spiro atoms. The van der Waals surface area contributed by atoms with Crippen molar-refractivity contribution in [2.75, 3.05) is 20.3 Å². The van der Waals surface area contributed by atoms with Gasteiger partial charge in [0.05, 0.1) is 11.5 Å². The fourth-order valence-electron chi connectivity index (χ4n) is 1.90. The van der Waals surface area contributed by atoms with Crippen LogP contribution in [0.2, 0.25) is 0 Å². The van der Waals surface area contributed by atoms with Gasteiger partial charge in [-0.2, -0.15) is 0 Å². The maximum Gasteiger partial charge on any atom is 0.241 e. The molecule has 0 aliphatic heterocycles. The summed E-state index contributed by atoms with van der Waals surface area (Å²) in [4.78, 5) is -0.0107. The number of rotatable bonds is 8. The van der Waals surface area contributed by atoms with Crippen molar-refractivity contribution in [3.63, 3.8) is 0 Å². The molecule has 5 nitrogen and oxygen atoms in total. The molecule has 0 radical (unpaired) electrons. The molecule has 0 saturated heterocycles. The summed E-state index contributed by atoms with van der Waals surface area (Å²) < 4.78 is 50.6. The van der Waals surface area contributed by atoms with Crippen LogP contribution in [0.3, 0.4) is 0 Å². The van der Waals surface area contributed by atoms with Gasteiger partial charge in [-0.15, -0.1) is 0 Å². The van der Waals surface area contributed by atoms with E-state index in [4.69, 9.17) is 9.47 Å². The summed E-state index contributed by atoms with van der Waals surface area (Å²) in [7, 11) is -2.15. The number of benzene rings is 2. The summed E-state index contributed by atoms with van der Waals surface area (Å²) in [5.74, 6) is 0.171. The van der Waals surface area contributed by atoms with Crippen molar-refractivity contribution in [2.45, 2.75) is 11.4 Å². The zero-order chi connectivity index (χ0) is 17.6. The normalized spacial score (nSPS) is 11.5. The maximum absolute atomic E-state index is 13.1. The molecule has 0 aliphatic rings. The van der Waals surface area contributed by atoms with Gasteiger partial charge < -0.3 is 9.47 Å². The Hall–Kier alpha value is -1.48. The molecule has 2 aromatic rings. The molecule has 1 N–H and O–H groups in total. The summed E-state index contributed by atoms with van der Waals surface area (Å²) >= 11 is 3.06. The summed E-state index contributed by atoms with van der Waals surface area (Å²) in [5, 5.41) is 0. The third-order valence-electron chi connectivity index (χ3n) is 3.13. The van der Waals surface area contributed by atoms with Crippen molar-refractivity contribution in [3.05, 3.63) is 58.3 Å². The third kappa shape index (κ3) is 5.27. The minimum absolute atomic E-state index is 0.0107. The van der Waals surface area contributed by atoms with Gasteiger partial charge in [0.1, 0.15) is 18.2 Å². The smallest absolute Gasteiger partial charge is 0.241 e. The highest BCUT2D eigenvalue weighted by Crippen LogP contribution is 2.23. The fraction of sp³-hybridized carbons (Fsp3) is 0.250. The van der Waals surface area contributed by atoms with E-state index in [1.165, 1.54) is 6.07 Å². The molecule has 24 heavy (non-hydrogen) atoms. The Morgan fingerprint density at radius 2 is 1.83 bits per heavy atom. The molecule has 0 unspecified atom stereocenters. The lowest BCUT2D eigenvalue weighted by atomic mass is 10.2. The first-order valence-corrected chi connectivity index (χ1v) is 9.35. The Bertz CT molecular complexity index is 781. The first kappa shape index (κ1) is 18.9. The lowest BCUT2D eigenvalue weighted by Crippen LogP contribution is -2.23. The van der Waals surface area contributed by atoms with E-state index < -0.39 is 15.8 Å². The van der Waals surface area contributed by atoms with E-state index in [9.17, 15) is 12.8 Å². The van der Waals surface area contributed by atoms with Crippen molar-refractivity contribution >= 4 is 26.0 Å². The van der Waals surface area contributed by atoms with Crippen LogP contribution in [0.15, 0.2) is 51.8 Å². The largest absolute Gasteiger partial charge is 0.491 e. The summed E-state index contributed by atoms with van der Waals surface area (Å²) in [6.45, 7) is 1.06. The van der Waals surface area contributed by atoms with E-state index in [1.54, 1.807) is 31.4 Å². The molecule has 0 saturated carbocycles. The average Bonchev–Trinajstić information content (AvgIpc) is 2.54. The second-order valence-electron chi connectivity index (χ2n) is 4.88. The zero-order valence-corrected chi connectivity index (χ0v) is 15.4. The van der Waals surface area contributed by atoms with E-state index in [0.29, 0.717) is 19.0 Å². The predicted octanol–water partition coefficient (Wildman–Crippen LogP) is 3.09. The molecule has 0 aliphatic carbocycles. The van der Waals surface area contributed by atoms with Gasteiger partial charge in [-0.3, -0.25) is 0 Å². The zero-order valence-electron chi connectivity index (χ0n) is 13.0. The van der Waals surface area contributed by atoms with Gasteiger partial charge in [0.25, 0.3) is 0 Å². The highest BCUT2D eigenvalue weighted by molar-refractivity contribution is 9.10. The quantitative estimate of drug-likeness (QED) is 0.670. The van der Waals surface area contributed by atoms with E-state index in [0.717, 1.165) is 17.7 Å². The summed E-state index contributed by atoms with van der Waals surface area (Å²) in [5.41, 5.74) is 0.774. The van der Waals surface area contributed by atoms with E-state index >= 15 is 0 Å². The van der Waals surface area contributed by atoms with Gasteiger partial charge >= 0.3 is 0 Å². The molecule has 0 bridgehead atoms.